The quantitative estimate of drug-likeness (QED) is 0.601. The molecule has 76 valence electrons. The number of fused-ring (bicyclic) bond motifs is 5. The minimum Gasteiger partial charge on any atom is -0.452 e. The molecular weight excluding hydrogens is 190 g/mol. The molecule has 0 spiro atoms. The van der Waals surface area contributed by atoms with Gasteiger partial charge in [-0.15, -0.1) is 0 Å². The van der Waals surface area contributed by atoms with Crippen LogP contribution in [0.15, 0.2) is 47.2 Å². The third kappa shape index (κ3) is 1.03. The average Bonchev–Trinajstić information content (AvgIpc) is 2.88. The van der Waals surface area contributed by atoms with E-state index in [1.54, 1.807) is 11.1 Å². The third-order valence-corrected chi connectivity index (χ3v) is 3.10. The molecule has 0 aromatic heterocycles. The van der Waals surface area contributed by atoms with Gasteiger partial charge in [-0.25, -0.2) is 4.79 Å². The Hall–Kier alpha value is -1.77. The molecule has 3 nitrogen and oxygen atoms in total. The maximum atomic E-state index is 11.6. The van der Waals surface area contributed by atoms with E-state index < -0.39 is 0 Å². The van der Waals surface area contributed by atoms with Crippen molar-refractivity contribution in [3.63, 3.8) is 0 Å². The zero-order valence-corrected chi connectivity index (χ0v) is 8.43. The van der Waals surface area contributed by atoms with Crippen LogP contribution in [-0.2, 0) is 4.74 Å². The lowest BCUT2D eigenvalue weighted by Crippen LogP contribution is -2.38. The maximum Gasteiger partial charge on any atom is 0.414 e. The number of ether oxygens (including phenoxy) is 1. The van der Waals surface area contributed by atoms with Crippen LogP contribution in [0.2, 0.25) is 0 Å². The molecule has 1 aliphatic heterocycles. The van der Waals surface area contributed by atoms with Crippen molar-refractivity contribution in [3.05, 3.63) is 47.2 Å². The van der Waals surface area contributed by atoms with Crippen molar-refractivity contribution in [1.29, 1.82) is 0 Å². The molecule has 0 aromatic carbocycles. The summed E-state index contributed by atoms with van der Waals surface area (Å²) in [6.45, 7) is 0. The summed E-state index contributed by atoms with van der Waals surface area (Å²) in [6, 6.07) is 0.0856. The summed E-state index contributed by atoms with van der Waals surface area (Å²) in [5.74, 6) is 0. The van der Waals surface area contributed by atoms with Gasteiger partial charge in [0.1, 0.15) is 0 Å². The van der Waals surface area contributed by atoms with Gasteiger partial charge >= 0.3 is 6.09 Å². The molecule has 3 rings (SSSR count). The molecular formula is C12H11NO2. The Bertz CT molecular complexity index is 454. The molecule has 3 aliphatic rings. The highest BCUT2D eigenvalue weighted by Crippen LogP contribution is 2.44. The first-order valence-corrected chi connectivity index (χ1v) is 4.96. The highest BCUT2D eigenvalue weighted by Gasteiger charge is 2.39. The molecule has 0 saturated heterocycles. The first-order valence-electron chi connectivity index (χ1n) is 4.96. The number of amides is 1. The lowest BCUT2D eigenvalue weighted by atomic mass is 9.98. The number of rotatable bonds is 0. The molecule has 1 unspecified atom stereocenters. The van der Waals surface area contributed by atoms with Crippen LogP contribution in [-0.4, -0.2) is 24.1 Å². The van der Waals surface area contributed by atoms with Crippen LogP contribution in [0.3, 0.4) is 0 Å². The van der Waals surface area contributed by atoms with E-state index in [9.17, 15) is 4.79 Å². The highest BCUT2D eigenvalue weighted by atomic mass is 16.5. The van der Waals surface area contributed by atoms with Gasteiger partial charge in [0.2, 0.25) is 0 Å². The minimum atomic E-state index is -0.295. The first-order chi connectivity index (χ1) is 7.31. The van der Waals surface area contributed by atoms with Crippen molar-refractivity contribution in [2.75, 3.05) is 7.11 Å². The molecule has 0 radical (unpaired) electrons. The van der Waals surface area contributed by atoms with Crippen LogP contribution in [0.5, 0.6) is 0 Å². The lowest BCUT2D eigenvalue weighted by molar-refractivity contribution is 0.135. The Balaban J connectivity index is 2.01. The second kappa shape index (κ2) is 2.86. The smallest absolute Gasteiger partial charge is 0.414 e. The fourth-order valence-corrected chi connectivity index (χ4v) is 2.43. The predicted octanol–water partition coefficient (Wildman–Crippen LogP) is 2.15. The standard InChI is InChI=1S/C12H11NO2/c1-15-12(14)13-6-2-3-10-8-4-5-9(7-8)11(10)13/h2-6,11H,7H2,1H3. The van der Waals surface area contributed by atoms with E-state index in [0.29, 0.717) is 0 Å². The summed E-state index contributed by atoms with van der Waals surface area (Å²) in [5, 5.41) is 0. The van der Waals surface area contributed by atoms with Crippen molar-refractivity contribution in [2.45, 2.75) is 12.5 Å². The van der Waals surface area contributed by atoms with Gasteiger partial charge in [0.15, 0.2) is 0 Å². The molecule has 2 aliphatic carbocycles. The van der Waals surface area contributed by atoms with Gasteiger partial charge in [-0.1, -0.05) is 18.2 Å². The van der Waals surface area contributed by atoms with E-state index in [4.69, 9.17) is 4.74 Å². The summed E-state index contributed by atoms with van der Waals surface area (Å²) in [7, 11) is 1.41. The molecule has 1 fully saturated rings. The van der Waals surface area contributed by atoms with Crippen LogP contribution in [0.4, 0.5) is 4.79 Å². The minimum absolute atomic E-state index is 0.0856. The summed E-state index contributed by atoms with van der Waals surface area (Å²) in [5.41, 5.74) is 3.85. The van der Waals surface area contributed by atoms with Crippen molar-refractivity contribution in [1.82, 2.24) is 4.90 Å². The van der Waals surface area contributed by atoms with Crippen LogP contribution < -0.4 is 0 Å². The molecule has 1 amide bonds. The SMILES string of the molecule is COC(=O)N1C=CC=C2C3=CC=C(C3)C21. The molecule has 3 heteroatoms. The summed E-state index contributed by atoms with van der Waals surface area (Å²) < 4.78 is 4.77. The molecule has 0 aromatic rings. The van der Waals surface area contributed by atoms with Crippen LogP contribution in [0.1, 0.15) is 6.42 Å². The largest absolute Gasteiger partial charge is 0.452 e. The van der Waals surface area contributed by atoms with E-state index in [0.717, 1.165) is 6.42 Å². The van der Waals surface area contributed by atoms with Crippen molar-refractivity contribution >= 4 is 6.09 Å². The van der Waals surface area contributed by atoms with Gasteiger partial charge < -0.3 is 4.74 Å². The fraction of sp³-hybridized carbons (Fsp3) is 0.250. The second-order valence-corrected chi connectivity index (χ2v) is 3.85. The van der Waals surface area contributed by atoms with Crippen LogP contribution in [0.25, 0.3) is 0 Å². The second-order valence-electron chi connectivity index (χ2n) is 3.85. The number of carbonyl (C=O) groups excluding carboxylic acids is 1. The van der Waals surface area contributed by atoms with Crippen molar-refractivity contribution < 1.29 is 9.53 Å². The van der Waals surface area contributed by atoms with Gasteiger partial charge in [0, 0.05) is 6.20 Å². The normalized spacial score (nSPS) is 25.8. The van der Waals surface area contributed by atoms with Gasteiger partial charge in [0.05, 0.1) is 13.2 Å². The number of methoxy groups -OCH3 is 1. The lowest BCUT2D eigenvalue weighted by Gasteiger charge is -2.29. The van der Waals surface area contributed by atoms with Crippen molar-refractivity contribution in [2.24, 2.45) is 0 Å². The van der Waals surface area contributed by atoms with Gasteiger partial charge in [-0.05, 0) is 29.2 Å². The van der Waals surface area contributed by atoms with Gasteiger partial charge in [-0.2, -0.15) is 0 Å². The Morgan fingerprint density at radius 2 is 2.33 bits per heavy atom. The monoisotopic (exact) mass is 201 g/mol. The van der Waals surface area contributed by atoms with Crippen LogP contribution >= 0.6 is 0 Å². The fourth-order valence-electron chi connectivity index (χ4n) is 2.43. The predicted molar refractivity (Wildman–Crippen MR) is 56.0 cm³/mol. The first kappa shape index (κ1) is 8.53. The Morgan fingerprint density at radius 3 is 3.13 bits per heavy atom. The highest BCUT2D eigenvalue weighted by molar-refractivity contribution is 5.74. The zero-order chi connectivity index (χ0) is 10.4. The molecule has 1 atom stereocenters. The van der Waals surface area contributed by atoms with E-state index in [-0.39, 0.29) is 12.1 Å². The van der Waals surface area contributed by atoms with Gasteiger partial charge in [0.25, 0.3) is 0 Å². The Labute approximate surface area is 88.0 Å². The maximum absolute atomic E-state index is 11.6. The number of hydrogen-bond acceptors (Lipinski definition) is 2. The molecule has 0 N–H and O–H groups in total. The molecule has 2 bridgehead atoms. The summed E-state index contributed by atoms with van der Waals surface area (Å²) in [4.78, 5) is 13.2. The van der Waals surface area contributed by atoms with Crippen molar-refractivity contribution in [3.8, 4) is 0 Å². The number of hydrogen-bond donors (Lipinski definition) is 0. The van der Waals surface area contributed by atoms with E-state index >= 15 is 0 Å². The molecule has 1 saturated carbocycles. The molecule has 1 heterocycles. The van der Waals surface area contributed by atoms with Crippen LogP contribution in [0, 0.1) is 0 Å². The third-order valence-electron chi connectivity index (χ3n) is 3.10. The number of nitrogens with zero attached hydrogens (tertiary/aromatic N) is 1. The number of carbonyl (C=O) groups is 1. The van der Waals surface area contributed by atoms with E-state index in [2.05, 4.69) is 18.2 Å². The summed E-state index contributed by atoms with van der Waals surface area (Å²) in [6.07, 6.45) is 10.7. The zero-order valence-electron chi connectivity index (χ0n) is 8.43. The average molecular weight is 201 g/mol. The Morgan fingerprint density at radius 1 is 1.47 bits per heavy atom. The van der Waals surface area contributed by atoms with E-state index in [1.807, 2.05) is 6.08 Å². The number of allylic oxidation sites excluding steroid dienone is 4. The van der Waals surface area contributed by atoms with E-state index in [1.165, 1.54) is 23.8 Å². The summed E-state index contributed by atoms with van der Waals surface area (Å²) >= 11 is 0. The Kier molecular flexibility index (Phi) is 1.63. The molecule has 15 heavy (non-hydrogen) atoms. The van der Waals surface area contributed by atoms with Gasteiger partial charge in [-0.3, -0.25) is 4.90 Å². The topological polar surface area (TPSA) is 29.5 Å².